The average molecular weight is 230 g/mol. The van der Waals surface area contributed by atoms with Gasteiger partial charge in [0, 0.05) is 0 Å². The second-order valence-electron chi connectivity index (χ2n) is 4.19. The molecule has 0 saturated heterocycles. The Bertz CT molecular complexity index is 339. The summed E-state index contributed by atoms with van der Waals surface area (Å²) in [5, 5.41) is 9.21. The van der Waals surface area contributed by atoms with E-state index in [4.69, 9.17) is 4.74 Å². The van der Waals surface area contributed by atoms with Crippen molar-refractivity contribution in [3.8, 4) is 5.75 Å². The van der Waals surface area contributed by atoms with E-state index in [-0.39, 0.29) is 23.8 Å². The van der Waals surface area contributed by atoms with Crippen LogP contribution in [0.3, 0.4) is 0 Å². The third-order valence-corrected chi connectivity index (χ3v) is 2.06. The van der Waals surface area contributed by atoms with Crippen LogP contribution in [0.2, 0.25) is 0 Å². The van der Waals surface area contributed by atoms with E-state index in [1.807, 2.05) is 13.8 Å². The normalized spacial score (nSPS) is 12.9. The van der Waals surface area contributed by atoms with Crippen LogP contribution in [0, 0.1) is 17.6 Å². The molecule has 16 heavy (non-hydrogen) atoms. The highest BCUT2D eigenvalue weighted by molar-refractivity contribution is 5.32. The first-order valence-corrected chi connectivity index (χ1v) is 5.21. The first-order valence-electron chi connectivity index (χ1n) is 5.21. The van der Waals surface area contributed by atoms with Gasteiger partial charge in [0.25, 0.3) is 0 Å². The van der Waals surface area contributed by atoms with Crippen molar-refractivity contribution >= 4 is 0 Å². The van der Waals surface area contributed by atoms with Gasteiger partial charge in [-0.2, -0.15) is 0 Å². The molecule has 0 fully saturated rings. The van der Waals surface area contributed by atoms with Gasteiger partial charge in [-0.1, -0.05) is 13.8 Å². The summed E-state index contributed by atoms with van der Waals surface area (Å²) >= 11 is 0. The van der Waals surface area contributed by atoms with Crippen LogP contribution in [-0.2, 0) is 0 Å². The predicted octanol–water partition coefficient (Wildman–Crippen LogP) is 3.05. The van der Waals surface area contributed by atoms with Gasteiger partial charge < -0.3 is 9.84 Å². The van der Waals surface area contributed by atoms with E-state index in [9.17, 15) is 13.9 Å². The highest BCUT2D eigenvalue weighted by Gasteiger charge is 2.15. The molecule has 1 atom stereocenters. The summed E-state index contributed by atoms with van der Waals surface area (Å²) in [6.45, 7) is 5.48. The molecule has 1 aromatic rings. The minimum Gasteiger partial charge on any atom is -0.487 e. The standard InChI is InChI=1S/C12H16F2O2/c1-7(2)6-16-12-10(13)4-9(8(3)15)5-11(12)14/h4-5,7-8,15H,6H2,1-3H3/t8-/m0/s1. The van der Waals surface area contributed by atoms with E-state index in [1.165, 1.54) is 6.92 Å². The lowest BCUT2D eigenvalue weighted by Gasteiger charge is -2.12. The number of benzene rings is 1. The maximum absolute atomic E-state index is 13.4. The van der Waals surface area contributed by atoms with Crippen molar-refractivity contribution in [2.24, 2.45) is 5.92 Å². The van der Waals surface area contributed by atoms with Crippen molar-refractivity contribution in [2.75, 3.05) is 6.61 Å². The quantitative estimate of drug-likeness (QED) is 0.861. The Morgan fingerprint density at radius 2 is 1.69 bits per heavy atom. The van der Waals surface area contributed by atoms with E-state index < -0.39 is 17.7 Å². The molecule has 1 aromatic carbocycles. The summed E-state index contributed by atoms with van der Waals surface area (Å²) in [6, 6.07) is 2.17. The number of hydrogen-bond donors (Lipinski definition) is 1. The van der Waals surface area contributed by atoms with Crippen LogP contribution in [0.1, 0.15) is 32.4 Å². The van der Waals surface area contributed by atoms with Crippen LogP contribution < -0.4 is 4.74 Å². The molecular weight excluding hydrogens is 214 g/mol. The highest BCUT2D eigenvalue weighted by atomic mass is 19.1. The van der Waals surface area contributed by atoms with Gasteiger partial charge >= 0.3 is 0 Å². The van der Waals surface area contributed by atoms with Crippen molar-refractivity contribution in [1.82, 2.24) is 0 Å². The number of ether oxygens (including phenoxy) is 1. The minimum atomic E-state index is -0.900. The zero-order chi connectivity index (χ0) is 12.3. The van der Waals surface area contributed by atoms with Crippen LogP contribution in [0.4, 0.5) is 8.78 Å². The van der Waals surface area contributed by atoms with E-state index in [0.717, 1.165) is 12.1 Å². The third kappa shape index (κ3) is 3.17. The lowest BCUT2D eigenvalue weighted by molar-refractivity contribution is 0.197. The SMILES string of the molecule is CC(C)COc1c(F)cc([C@H](C)O)cc1F. The largest absolute Gasteiger partial charge is 0.487 e. The van der Waals surface area contributed by atoms with E-state index in [2.05, 4.69) is 0 Å². The van der Waals surface area contributed by atoms with Gasteiger partial charge in [-0.25, -0.2) is 8.78 Å². The fraction of sp³-hybridized carbons (Fsp3) is 0.500. The maximum atomic E-state index is 13.4. The molecular formula is C12H16F2O2. The smallest absolute Gasteiger partial charge is 0.190 e. The van der Waals surface area contributed by atoms with Gasteiger partial charge in [0.05, 0.1) is 12.7 Å². The molecule has 4 heteroatoms. The second kappa shape index (κ2) is 5.25. The number of aliphatic hydroxyl groups is 1. The molecule has 90 valence electrons. The zero-order valence-corrected chi connectivity index (χ0v) is 9.63. The fourth-order valence-electron chi connectivity index (χ4n) is 1.21. The second-order valence-corrected chi connectivity index (χ2v) is 4.19. The summed E-state index contributed by atoms with van der Waals surface area (Å²) in [6.07, 6.45) is -0.900. The molecule has 0 unspecified atom stereocenters. The Morgan fingerprint density at radius 1 is 1.19 bits per heavy atom. The van der Waals surface area contributed by atoms with Gasteiger partial charge in [-0.15, -0.1) is 0 Å². The molecule has 1 N–H and O–H groups in total. The Morgan fingerprint density at radius 3 is 2.06 bits per heavy atom. The van der Waals surface area contributed by atoms with Gasteiger partial charge in [0.15, 0.2) is 17.4 Å². The van der Waals surface area contributed by atoms with Crippen LogP contribution in [0.5, 0.6) is 5.75 Å². The van der Waals surface area contributed by atoms with Gasteiger partial charge in [0.2, 0.25) is 0 Å². The monoisotopic (exact) mass is 230 g/mol. The van der Waals surface area contributed by atoms with E-state index >= 15 is 0 Å². The van der Waals surface area contributed by atoms with Crippen molar-refractivity contribution in [3.63, 3.8) is 0 Å². The Kier molecular flexibility index (Phi) is 4.24. The molecule has 0 aliphatic rings. The predicted molar refractivity (Wildman–Crippen MR) is 57.3 cm³/mol. The zero-order valence-electron chi connectivity index (χ0n) is 9.63. The summed E-state index contributed by atoms with van der Waals surface area (Å²) in [5.74, 6) is -1.75. The van der Waals surface area contributed by atoms with E-state index in [1.54, 1.807) is 0 Å². The van der Waals surface area contributed by atoms with Crippen LogP contribution in [-0.4, -0.2) is 11.7 Å². The Labute approximate surface area is 93.9 Å². The first kappa shape index (κ1) is 12.9. The van der Waals surface area contributed by atoms with Gasteiger partial charge in [-0.3, -0.25) is 0 Å². The minimum absolute atomic E-state index is 0.190. The summed E-state index contributed by atoms with van der Waals surface area (Å²) < 4.78 is 31.9. The summed E-state index contributed by atoms with van der Waals surface area (Å²) in [5.41, 5.74) is 0.201. The number of rotatable bonds is 4. The summed E-state index contributed by atoms with van der Waals surface area (Å²) in [7, 11) is 0. The van der Waals surface area contributed by atoms with Gasteiger partial charge in [0.1, 0.15) is 0 Å². The molecule has 1 rings (SSSR count). The molecule has 0 radical (unpaired) electrons. The lowest BCUT2D eigenvalue weighted by Crippen LogP contribution is -2.08. The Balaban J connectivity index is 2.94. The average Bonchev–Trinajstić information content (AvgIpc) is 2.15. The van der Waals surface area contributed by atoms with Crippen LogP contribution in [0.25, 0.3) is 0 Å². The van der Waals surface area contributed by atoms with Crippen molar-refractivity contribution < 1.29 is 18.6 Å². The van der Waals surface area contributed by atoms with Gasteiger partial charge in [-0.05, 0) is 30.5 Å². The van der Waals surface area contributed by atoms with Crippen molar-refractivity contribution in [1.29, 1.82) is 0 Å². The first-order chi connectivity index (χ1) is 7.41. The molecule has 0 bridgehead atoms. The lowest BCUT2D eigenvalue weighted by atomic mass is 10.1. The molecule has 0 aliphatic heterocycles. The Hall–Kier alpha value is -1.16. The molecule has 0 aromatic heterocycles. The molecule has 0 aliphatic carbocycles. The van der Waals surface area contributed by atoms with Crippen molar-refractivity contribution in [2.45, 2.75) is 26.9 Å². The maximum Gasteiger partial charge on any atom is 0.190 e. The van der Waals surface area contributed by atoms with Crippen LogP contribution in [0.15, 0.2) is 12.1 Å². The number of aliphatic hydroxyl groups excluding tert-OH is 1. The molecule has 0 amide bonds. The topological polar surface area (TPSA) is 29.5 Å². The molecule has 0 heterocycles. The molecule has 0 saturated carbocycles. The van der Waals surface area contributed by atoms with Crippen LogP contribution >= 0.6 is 0 Å². The third-order valence-electron chi connectivity index (χ3n) is 2.06. The fourth-order valence-corrected chi connectivity index (χ4v) is 1.21. The summed E-state index contributed by atoms with van der Waals surface area (Å²) in [4.78, 5) is 0. The highest BCUT2D eigenvalue weighted by Crippen LogP contribution is 2.26. The molecule has 0 spiro atoms. The van der Waals surface area contributed by atoms with E-state index in [0.29, 0.717) is 0 Å². The van der Waals surface area contributed by atoms with Crippen molar-refractivity contribution in [3.05, 3.63) is 29.3 Å². The molecule has 2 nitrogen and oxygen atoms in total. The number of halogens is 2. The number of hydrogen-bond acceptors (Lipinski definition) is 2.